The third-order valence-electron chi connectivity index (χ3n) is 4.11. The normalized spacial score (nSPS) is 17.8. The van der Waals surface area contributed by atoms with E-state index in [9.17, 15) is 9.59 Å². The molecule has 1 heterocycles. The lowest BCUT2D eigenvalue weighted by molar-refractivity contribution is 0.0652. The third-order valence-corrected chi connectivity index (χ3v) is 4.11. The smallest absolute Gasteiger partial charge is 0.261 e. The van der Waals surface area contributed by atoms with Gasteiger partial charge in [0.05, 0.1) is 11.1 Å². The summed E-state index contributed by atoms with van der Waals surface area (Å²) in [7, 11) is 0. The van der Waals surface area contributed by atoms with E-state index in [0.717, 1.165) is 24.1 Å². The first-order valence-electron chi connectivity index (χ1n) is 7.29. The highest BCUT2D eigenvalue weighted by Crippen LogP contribution is 2.28. The van der Waals surface area contributed by atoms with E-state index in [1.54, 1.807) is 0 Å². The van der Waals surface area contributed by atoms with Crippen LogP contribution in [0.4, 0.5) is 0 Å². The Labute approximate surface area is 119 Å². The molecule has 0 aromatic heterocycles. The fourth-order valence-electron chi connectivity index (χ4n) is 2.76. The van der Waals surface area contributed by atoms with E-state index in [2.05, 4.69) is 5.32 Å². The molecule has 0 unspecified atom stereocenters. The zero-order valence-corrected chi connectivity index (χ0v) is 12.0. The van der Waals surface area contributed by atoms with Gasteiger partial charge >= 0.3 is 0 Å². The number of nitrogens with one attached hydrogen (secondary N) is 1. The molecule has 1 aliphatic carbocycles. The minimum atomic E-state index is -0.127. The van der Waals surface area contributed by atoms with Crippen molar-refractivity contribution < 1.29 is 9.59 Å². The SMILES string of the molecule is Cc1ccc(C)c2c1C(=O)N(CCCNC1CC1)C2=O. The van der Waals surface area contributed by atoms with E-state index in [4.69, 9.17) is 0 Å². The van der Waals surface area contributed by atoms with Crippen molar-refractivity contribution in [3.63, 3.8) is 0 Å². The maximum Gasteiger partial charge on any atom is 0.261 e. The first kappa shape index (κ1) is 13.3. The molecule has 1 aromatic carbocycles. The Morgan fingerprint density at radius 3 is 2.15 bits per heavy atom. The fraction of sp³-hybridized carbons (Fsp3) is 0.500. The highest BCUT2D eigenvalue weighted by atomic mass is 16.2. The number of amides is 2. The number of carbonyl (C=O) groups excluding carboxylic acids is 2. The summed E-state index contributed by atoms with van der Waals surface area (Å²) < 4.78 is 0. The van der Waals surface area contributed by atoms with Crippen molar-refractivity contribution >= 4 is 11.8 Å². The number of carbonyl (C=O) groups is 2. The van der Waals surface area contributed by atoms with Crippen LogP contribution in [-0.2, 0) is 0 Å². The summed E-state index contributed by atoms with van der Waals surface area (Å²) in [5, 5.41) is 3.40. The van der Waals surface area contributed by atoms with Crippen molar-refractivity contribution in [2.24, 2.45) is 0 Å². The van der Waals surface area contributed by atoms with E-state index in [-0.39, 0.29) is 11.8 Å². The lowest BCUT2D eigenvalue weighted by Gasteiger charge is -2.13. The maximum atomic E-state index is 12.4. The molecular weight excluding hydrogens is 252 g/mol. The Hall–Kier alpha value is -1.68. The van der Waals surface area contributed by atoms with E-state index in [0.29, 0.717) is 23.7 Å². The van der Waals surface area contributed by atoms with E-state index >= 15 is 0 Å². The highest BCUT2D eigenvalue weighted by Gasteiger charge is 2.37. The van der Waals surface area contributed by atoms with Crippen LogP contribution in [0.1, 0.15) is 51.1 Å². The topological polar surface area (TPSA) is 49.4 Å². The maximum absolute atomic E-state index is 12.4. The minimum absolute atomic E-state index is 0.127. The van der Waals surface area contributed by atoms with Gasteiger partial charge in [-0.15, -0.1) is 0 Å². The Kier molecular flexibility index (Phi) is 3.34. The molecule has 0 spiro atoms. The predicted octanol–water partition coefficient (Wildman–Crippen LogP) is 2.04. The summed E-state index contributed by atoms with van der Waals surface area (Å²) in [6.45, 7) is 5.16. The molecule has 1 saturated carbocycles. The van der Waals surface area contributed by atoms with E-state index in [1.807, 2.05) is 26.0 Å². The number of benzene rings is 1. The Balaban J connectivity index is 1.71. The van der Waals surface area contributed by atoms with Gasteiger partial charge in [0.15, 0.2) is 0 Å². The van der Waals surface area contributed by atoms with Gasteiger partial charge in [-0.25, -0.2) is 0 Å². The van der Waals surface area contributed by atoms with Crippen molar-refractivity contribution in [3.8, 4) is 0 Å². The van der Waals surface area contributed by atoms with Gasteiger partial charge in [-0.1, -0.05) is 12.1 Å². The monoisotopic (exact) mass is 272 g/mol. The van der Waals surface area contributed by atoms with Gasteiger partial charge < -0.3 is 5.32 Å². The number of fused-ring (bicyclic) bond motifs is 1. The third kappa shape index (κ3) is 2.24. The number of aryl methyl sites for hydroxylation is 2. The van der Waals surface area contributed by atoms with Crippen molar-refractivity contribution in [1.82, 2.24) is 10.2 Å². The van der Waals surface area contributed by atoms with Crippen LogP contribution in [0.15, 0.2) is 12.1 Å². The summed E-state index contributed by atoms with van der Waals surface area (Å²) in [4.78, 5) is 26.2. The second-order valence-corrected chi connectivity index (χ2v) is 5.79. The number of hydrogen-bond donors (Lipinski definition) is 1. The van der Waals surface area contributed by atoms with Gasteiger partial charge in [0.25, 0.3) is 11.8 Å². The van der Waals surface area contributed by atoms with Crippen LogP contribution in [-0.4, -0.2) is 35.8 Å². The zero-order valence-electron chi connectivity index (χ0n) is 12.0. The molecule has 1 aliphatic heterocycles. The van der Waals surface area contributed by atoms with Gasteiger partial charge in [-0.2, -0.15) is 0 Å². The van der Waals surface area contributed by atoms with Crippen LogP contribution in [0.3, 0.4) is 0 Å². The van der Waals surface area contributed by atoms with Crippen LogP contribution in [0.25, 0.3) is 0 Å². The Bertz CT molecular complexity index is 535. The average molecular weight is 272 g/mol. The minimum Gasteiger partial charge on any atom is -0.314 e. The van der Waals surface area contributed by atoms with Gasteiger partial charge in [0.2, 0.25) is 0 Å². The molecule has 0 atom stereocenters. The molecule has 20 heavy (non-hydrogen) atoms. The fourth-order valence-corrected chi connectivity index (χ4v) is 2.76. The molecule has 1 fully saturated rings. The van der Waals surface area contributed by atoms with Gasteiger partial charge in [-0.3, -0.25) is 14.5 Å². The summed E-state index contributed by atoms with van der Waals surface area (Å²) in [6.07, 6.45) is 3.33. The van der Waals surface area contributed by atoms with E-state index < -0.39 is 0 Å². The van der Waals surface area contributed by atoms with Gasteiger partial charge in [0.1, 0.15) is 0 Å². The molecule has 4 heteroatoms. The zero-order chi connectivity index (χ0) is 14.3. The predicted molar refractivity (Wildman–Crippen MR) is 76.9 cm³/mol. The van der Waals surface area contributed by atoms with Crippen LogP contribution < -0.4 is 5.32 Å². The number of nitrogens with zero attached hydrogens (tertiary/aromatic N) is 1. The molecule has 2 amide bonds. The van der Waals surface area contributed by atoms with Crippen molar-refractivity contribution in [3.05, 3.63) is 34.4 Å². The van der Waals surface area contributed by atoms with Gasteiger partial charge in [0, 0.05) is 12.6 Å². The van der Waals surface area contributed by atoms with Crippen LogP contribution in [0.5, 0.6) is 0 Å². The summed E-state index contributed by atoms with van der Waals surface area (Å²) in [6, 6.07) is 4.50. The standard InChI is InChI=1S/C16H20N2O2/c1-10-4-5-11(2)14-13(10)15(19)18(16(14)20)9-3-8-17-12-6-7-12/h4-5,12,17H,3,6-9H2,1-2H3. The molecule has 1 N–H and O–H groups in total. The number of imide groups is 1. The first-order chi connectivity index (χ1) is 9.59. The largest absolute Gasteiger partial charge is 0.314 e. The molecule has 3 rings (SSSR count). The molecule has 1 aromatic rings. The Morgan fingerprint density at radius 2 is 1.65 bits per heavy atom. The Morgan fingerprint density at radius 1 is 1.10 bits per heavy atom. The first-order valence-corrected chi connectivity index (χ1v) is 7.29. The number of rotatable bonds is 5. The second-order valence-electron chi connectivity index (χ2n) is 5.79. The summed E-state index contributed by atoms with van der Waals surface area (Å²) in [5.74, 6) is -0.254. The summed E-state index contributed by atoms with van der Waals surface area (Å²) >= 11 is 0. The lowest BCUT2D eigenvalue weighted by atomic mass is 9.99. The molecule has 4 nitrogen and oxygen atoms in total. The average Bonchev–Trinajstić information content (AvgIpc) is 3.20. The second kappa shape index (κ2) is 5.02. The summed E-state index contributed by atoms with van der Waals surface area (Å²) in [5.41, 5.74) is 2.99. The molecule has 106 valence electrons. The van der Waals surface area contributed by atoms with Crippen molar-refractivity contribution in [2.75, 3.05) is 13.1 Å². The lowest BCUT2D eigenvalue weighted by Crippen LogP contribution is -2.33. The van der Waals surface area contributed by atoms with Crippen LogP contribution in [0, 0.1) is 13.8 Å². The quantitative estimate of drug-likeness (QED) is 0.659. The van der Waals surface area contributed by atoms with E-state index in [1.165, 1.54) is 17.7 Å². The van der Waals surface area contributed by atoms with Crippen LogP contribution >= 0.6 is 0 Å². The molecule has 0 bridgehead atoms. The molecule has 0 saturated heterocycles. The van der Waals surface area contributed by atoms with Crippen molar-refractivity contribution in [1.29, 1.82) is 0 Å². The molecular formula is C16H20N2O2. The van der Waals surface area contributed by atoms with Crippen LogP contribution in [0.2, 0.25) is 0 Å². The van der Waals surface area contributed by atoms with Crippen molar-refractivity contribution in [2.45, 2.75) is 39.2 Å². The number of hydrogen-bond acceptors (Lipinski definition) is 3. The molecule has 0 radical (unpaired) electrons. The highest BCUT2D eigenvalue weighted by molar-refractivity contribution is 6.22. The van der Waals surface area contributed by atoms with Gasteiger partial charge in [-0.05, 0) is 50.8 Å². The molecule has 2 aliphatic rings.